The number of nitrogens with zero attached hydrogens (tertiary/aromatic N) is 1. The maximum absolute atomic E-state index is 5.62. The first-order valence-electron chi connectivity index (χ1n) is 6.65. The minimum atomic E-state index is 0.308. The summed E-state index contributed by atoms with van der Waals surface area (Å²) in [6, 6.07) is 8.03. The molecule has 1 aliphatic heterocycles. The van der Waals surface area contributed by atoms with Crippen LogP contribution in [0.5, 0.6) is 5.75 Å². The normalized spacial score (nSPS) is 18.7. The fraction of sp³-hybridized carbons (Fsp3) is 0.400. The topological polar surface area (TPSA) is 43.4 Å². The van der Waals surface area contributed by atoms with Gasteiger partial charge in [-0.3, -0.25) is 0 Å². The molecule has 1 aromatic carbocycles. The molecule has 4 nitrogen and oxygen atoms in total. The van der Waals surface area contributed by atoms with Crippen LogP contribution < -0.4 is 10.1 Å². The van der Waals surface area contributed by atoms with E-state index in [1.165, 1.54) is 0 Å². The number of nitrogens with one attached hydrogen (secondary N) is 1. The molecule has 1 fully saturated rings. The van der Waals surface area contributed by atoms with Crippen molar-refractivity contribution < 1.29 is 9.47 Å². The Bertz CT molecular complexity index is 565. The average molecular weight is 258 g/mol. The summed E-state index contributed by atoms with van der Waals surface area (Å²) in [6.07, 6.45) is 4.42. The highest BCUT2D eigenvalue weighted by atomic mass is 16.5. The Morgan fingerprint density at radius 3 is 3.16 bits per heavy atom. The highest BCUT2D eigenvalue weighted by Gasteiger charge is 2.15. The number of hydrogen-bond acceptors (Lipinski definition) is 4. The van der Waals surface area contributed by atoms with Crippen molar-refractivity contribution in [3.63, 3.8) is 0 Å². The number of fused-ring (bicyclic) bond motifs is 1. The zero-order valence-electron chi connectivity index (χ0n) is 11.1. The van der Waals surface area contributed by atoms with E-state index in [0.29, 0.717) is 6.10 Å². The largest absolute Gasteiger partial charge is 0.497 e. The minimum absolute atomic E-state index is 0.308. The van der Waals surface area contributed by atoms with Crippen molar-refractivity contribution in [2.45, 2.75) is 18.9 Å². The van der Waals surface area contributed by atoms with E-state index in [1.54, 1.807) is 7.11 Å². The van der Waals surface area contributed by atoms with E-state index in [4.69, 9.17) is 9.47 Å². The van der Waals surface area contributed by atoms with Gasteiger partial charge in [-0.05, 0) is 36.4 Å². The van der Waals surface area contributed by atoms with E-state index < -0.39 is 0 Å². The van der Waals surface area contributed by atoms with Gasteiger partial charge in [0.05, 0.1) is 13.2 Å². The smallest absolute Gasteiger partial charge is 0.134 e. The van der Waals surface area contributed by atoms with Crippen LogP contribution in [0.2, 0.25) is 0 Å². The highest BCUT2D eigenvalue weighted by Crippen LogP contribution is 2.26. The third-order valence-electron chi connectivity index (χ3n) is 3.49. The fourth-order valence-corrected chi connectivity index (χ4v) is 2.43. The lowest BCUT2D eigenvalue weighted by Gasteiger charge is -2.13. The van der Waals surface area contributed by atoms with E-state index in [-0.39, 0.29) is 0 Å². The van der Waals surface area contributed by atoms with Crippen molar-refractivity contribution in [1.82, 2.24) is 4.98 Å². The first kappa shape index (κ1) is 12.2. The van der Waals surface area contributed by atoms with Crippen LogP contribution in [0, 0.1) is 0 Å². The van der Waals surface area contributed by atoms with Crippen LogP contribution in [0.25, 0.3) is 10.8 Å². The Hall–Kier alpha value is -1.81. The molecule has 2 aromatic rings. The summed E-state index contributed by atoms with van der Waals surface area (Å²) < 4.78 is 10.9. The lowest BCUT2D eigenvalue weighted by molar-refractivity contribution is 0.120. The van der Waals surface area contributed by atoms with Gasteiger partial charge in [-0.1, -0.05) is 6.07 Å². The second-order valence-corrected chi connectivity index (χ2v) is 4.76. The van der Waals surface area contributed by atoms with Crippen molar-refractivity contribution in [2.24, 2.45) is 0 Å². The molecule has 1 saturated heterocycles. The van der Waals surface area contributed by atoms with Crippen molar-refractivity contribution in [2.75, 3.05) is 25.6 Å². The number of anilines is 1. The Morgan fingerprint density at radius 1 is 1.42 bits per heavy atom. The third kappa shape index (κ3) is 2.63. The number of pyridine rings is 1. The molecule has 3 rings (SSSR count). The van der Waals surface area contributed by atoms with Crippen LogP contribution in [-0.4, -0.2) is 31.3 Å². The van der Waals surface area contributed by atoms with E-state index in [0.717, 1.165) is 48.3 Å². The van der Waals surface area contributed by atoms with Crippen LogP contribution in [-0.2, 0) is 4.74 Å². The second-order valence-electron chi connectivity index (χ2n) is 4.76. The molecule has 0 bridgehead atoms. The summed E-state index contributed by atoms with van der Waals surface area (Å²) >= 11 is 0. The van der Waals surface area contributed by atoms with Gasteiger partial charge in [0.25, 0.3) is 0 Å². The van der Waals surface area contributed by atoms with Crippen LogP contribution >= 0.6 is 0 Å². The van der Waals surface area contributed by atoms with E-state index in [1.807, 2.05) is 30.5 Å². The van der Waals surface area contributed by atoms with Crippen molar-refractivity contribution in [3.8, 4) is 5.75 Å². The molecular weight excluding hydrogens is 240 g/mol. The molecule has 1 N–H and O–H groups in total. The van der Waals surface area contributed by atoms with E-state index in [9.17, 15) is 0 Å². The predicted octanol–water partition coefficient (Wildman–Crippen LogP) is 2.83. The molecule has 1 aliphatic rings. The van der Waals surface area contributed by atoms with Gasteiger partial charge in [0.15, 0.2) is 0 Å². The number of hydrogen-bond donors (Lipinski definition) is 1. The lowest BCUT2D eigenvalue weighted by Crippen LogP contribution is -2.19. The van der Waals surface area contributed by atoms with Gasteiger partial charge < -0.3 is 14.8 Å². The molecule has 0 saturated carbocycles. The predicted molar refractivity (Wildman–Crippen MR) is 75.8 cm³/mol. The van der Waals surface area contributed by atoms with Crippen molar-refractivity contribution in [1.29, 1.82) is 0 Å². The standard InChI is InChI=1S/C15H18N2O2/c1-18-12-5-4-11-6-7-16-15(14(11)9-12)17-10-13-3-2-8-19-13/h4-7,9,13H,2-3,8,10H2,1H3,(H,16,17). The van der Waals surface area contributed by atoms with Crippen molar-refractivity contribution >= 4 is 16.6 Å². The first-order valence-corrected chi connectivity index (χ1v) is 6.65. The van der Waals surface area contributed by atoms with Gasteiger partial charge >= 0.3 is 0 Å². The average Bonchev–Trinajstić information content (AvgIpc) is 2.97. The Labute approximate surface area is 112 Å². The number of benzene rings is 1. The number of ether oxygens (including phenoxy) is 2. The van der Waals surface area contributed by atoms with Crippen molar-refractivity contribution in [3.05, 3.63) is 30.5 Å². The van der Waals surface area contributed by atoms with Gasteiger partial charge in [-0.15, -0.1) is 0 Å². The minimum Gasteiger partial charge on any atom is -0.497 e. The monoisotopic (exact) mass is 258 g/mol. The lowest BCUT2D eigenvalue weighted by atomic mass is 10.1. The molecule has 4 heteroatoms. The van der Waals surface area contributed by atoms with Gasteiger partial charge in [-0.25, -0.2) is 4.98 Å². The molecule has 0 spiro atoms. The van der Waals surface area contributed by atoms with Crippen LogP contribution in [0.4, 0.5) is 5.82 Å². The molecule has 0 radical (unpaired) electrons. The summed E-state index contributed by atoms with van der Waals surface area (Å²) in [4.78, 5) is 4.42. The number of rotatable bonds is 4. The highest BCUT2D eigenvalue weighted by molar-refractivity contribution is 5.92. The summed E-state index contributed by atoms with van der Waals surface area (Å²) in [5.74, 6) is 1.74. The van der Waals surface area contributed by atoms with E-state index >= 15 is 0 Å². The zero-order chi connectivity index (χ0) is 13.1. The van der Waals surface area contributed by atoms with Crippen LogP contribution in [0.15, 0.2) is 30.5 Å². The quantitative estimate of drug-likeness (QED) is 0.915. The fourth-order valence-electron chi connectivity index (χ4n) is 2.43. The Balaban J connectivity index is 1.84. The summed E-state index contributed by atoms with van der Waals surface area (Å²) in [5.41, 5.74) is 0. The molecule has 0 amide bonds. The molecule has 0 aliphatic carbocycles. The molecule has 2 heterocycles. The second kappa shape index (κ2) is 5.45. The SMILES string of the molecule is COc1ccc2ccnc(NCC3CCCO3)c2c1. The third-order valence-corrected chi connectivity index (χ3v) is 3.49. The maximum atomic E-state index is 5.62. The zero-order valence-corrected chi connectivity index (χ0v) is 11.1. The molecule has 19 heavy (non-hydrogen) atoms. The number of methoxy groups -OCH3 is 1. The van der Waals surface area contributed by atoms with Gasteiger partial charge in [-0.2, -0.15) is 0 Å². The first-order chi connectivity index (χ1) is 9.36. The molecule has 1 aromatic heterocycles. The summed E-state index contributed by atoms with van der Waals surface area (Å²) in [5, 5.41) is 5.63. The molecule has 100 valence electrons. The number of aromatic nitrogens is 1. The molecule has 1 unspecified atom stereocenters. The van der Waals surface area contributed by atoms with Crippen LogP contribution in [0.1, 0.15) is 12.8 Å². The van der Waals surface area contributed by atoms with Gasteiger partial charge in [0.1, 0.15) is 11.6 Å². The summed E-state index contributed by atoms with van der Waals surface area (Å²) in [6.45, 7) is 1.69. The molecule has 1 atom stereocenters. The summed E-state index contributed by atoms with van der Waals surface area (Å²) in [7, 11) is 1.68. The Kier molecular flexibility index (Phi) is 3.51. The molecular formula is C15H18N2O2. The Morgan fingerprint density at radius 2 is 2.37 bits per heavy atom. The van der Waals surface area contributed by atoms with Gasteiger partial charge in [0.2, 0.25) is 0 Å². The maximum Gasteiger partial charge on any atom is 0.134 e. The van der Waals surface area contributed by atoms with Gasteiger partial charge in [0, 0.05) is 24.7 Å². The van der Waals surface area contributed by atoms with E-state index in [2.05, 4.69) is 10.3 Å². The van der Waals surface area contributed by atoms with Crippen LogP contribution in [0.3, 0.4) is 0 Å².